The average Bonchev–Trinajstić information content (AvgIpc) is 2.29. The Bertz CT molecular complexity index is 504. The van der Waals surface area contributed by atoms with Gasteiger partial charge in [-0.2, -0.15) is 0 Å². The Balaban J connectivity index is 2.22. The Hall–Kier alpha value is -1.68. The van der Waals surface area contributed by atoms with Gasteiger partial charge < -0.3 is 4.74 Å². The molecule has 0 aliphatic carbocycles. The average molecular weight is 237 g/mol. The first-order chi connectivity index (χ1) is 7.79. The van der Waals surface area contributed by atoms with Crippen LogP contribution in [0.5, 0.6) is 0 Å². The van der Waals surface area contributed by atoms with Gasteiger partial charge in [0.05, 0.1) is 11.7 Å². The van der Waals surface area contributed by atoms with Crippen molar-refractivity contribution in [1.82, 2.24) is 9.97 Å². The van der Waals surface area contributed by atoms with Crippen molar-refractivity contribution >= 4 is 29.0 Å². The van der Waals surface area contributed by atoms with Gasteiger partial charge in [-0.05, 0) is 12.1 Å². The van der Waals surface area contributed by atoms with Crippen LogP contribution in [0.2, 0.25) is 0 Å². The van der Waals surface area contributed by atoms with Crippen molar-refractivity contribution in [2.75, 3.05) is 0 Å². The number of carbonyl (C=O) groups excluding carboxylic acids is 1. The zero-order valence-corrected chi connectivity index (χ0v) is 9.09. The lowest BCUT2D eigenvalue weighted by Crippen LogP contribution is -2.08. The van der Waals surface area contributed by atoms with E-state index in [2.05, 4.69) is 14.7 Å². The quantitative estimate of drug-likeness (QED) is 0.601. The highest BCUT2D eigenvalue weighted by molar-refractivity contribution is 6.20. The molecule has 2 rings (SSSR count). The third kappa shape index (κ3) is 2.46. The third-order valence-electron chi connectivity index (χ3n) is 2.12. The Labute approximate surface area is 97.2 Å². The van der Waals surface area contributed by atoms with Gasteiger partial charge in [0.15, 0.2) is 5.56 Å². The summed E-state index contributed by atoms with van der Waals surface area (Å²) in [7, 11) is 0. The molecule has 0 N–H and O–H groups in total. The van der Waals surface area contributed by atoms with E-state index in [1.807, 2.05) is 18.2 Å². The summed E-state index contributed by atoms with van der Waals surface area (Å²) in [4.78, 5) is 18.4. The van der Waals surface area contributed by atoms with Gasteiger partial charge in [0, 0.05) is 23.7 Å². The molecule has 2 heterocycles. The molecular formula is C11H9ClN2O2. The lowest BCUT2D eigenvalue weighted by molar-refractivity contribution is -0.130. The lowest BCUT2D eigenvalue weighted by Gasteiger charge is -2.06. The minimum atomic E-state index is -0.681. The molecule has 0 aromatic carbocycles. The summed E-state index contributed by atoms with van der Waals surface area (Å²) in [6.07, 6.45) is 3.77. The smallest absolute Gasteiger partial charge is 0.294 e. The molecule has 0 aliphatic rings. The first-order valence-corrected chi connectivity index (χ1v) is 5.16. The summed E-state index contributed by atoms with van der Waals surface area (Å²) < 4.78 is 4.59. The van der Waals surface area contributed by atoms with Crippen molar-refractivity contribution < 1.29 is 9.53 Å². The Kier molecular flexibility index (Phi) is 3.31. The summed E-state index contributed by atoms with van der Waals surface area (Å²) in [6.45, 7) is 0.334. The van der Waals surface area contributed by atoms with Gasteiger partial charge in [-0.15, -0.1) is 0 Å². The molecule has 0 fully saturated rings. The zero-order valence-electron chi connectivity index (χ0n) is 8.34. The number of carbonyl (C=O) groups is 1. The molecule has 0 spiro atoms. The summed E-state index contributed by atoms with van der Waals surface area (Å²) in [5.74, 6) is 0. The van der Waals surface area contributed by atoms with E-state index in [0.29, 0.717) is 12.9 Å². The number of halogens is 1. The fourth-order valence-corrected chi connectivity index (χ4v) is 1.61. The van der Waals surface area contributed by atoms with Crippen molar-refractivity contribution in [1.29, 1.82) is 0 Å². The van der Waals surface area contributed by atoms with Gasteiger partial charge in [-0.1, -0.05) is 17.7 Å². The molecule has 0 radical (unpaired) electrons. The maximum Gasteiger partial charge on any atom is 0.294 e. The highest BCUT2D eigenvalue weighted by atomic mass is 35.5. The summed E-state index contributed by atoms with van der Waals surface area (Å²) >= 11 is 5.76. The zero-order chi connectivity index (χ0) is 11.4. The predicted molar refractivity (Wildman–Crippen MR) is 60.0 cm³/mol. The number of rotatable bonds is 4. The van der Waals surface area contributed by atoms with Crippen LogP contribution in [0.15, 0.2) is 30.6 Å². The van der Waals surface area contributed by atoms with E-state index >= 15 is 0 Å². The molecule has 0 saturated carbocycles. The summed E-state index contributed by atoms with van der Waals surface area (Å²) in [6, 6.07) is 5.68. The minimum absolute atomic E-state index is 0.334. The van der Waals surface area contributed by atoms with Gasteiger partial charge in [0.25, 0.3) is 6.47 Å². The van der Waals surface area contributed by atoms with E-state index in [1.54, 1.807) is 12.4 Å². The normalized spacial score (nSPS) is 12.3. The molecule has 16 heavy (non-hydrogen) atoms. The summed E-state index contributed by atoms with van der Waals surface area (Å²) in [5, 5.41) is 0.988. The number of hydrogen-bond acceptors (Lipinski definition) is 4. The van der Waals surface area contributed by atoms with E-state index in [1.165, 1.54) is 0 Å². The Morgan fingerprint density at radius 1 is 1.50 bits per heavy atom. The van der Waals surface area contributed by atoms with E-state index in [4.69, 9.17) is 11.6 Å². The van der Waals surface area contributed by atoms with Gasteiger partial charge in [0.1, 0.15) is 0 Å². The van der Waals surface area contributed by atoms with Crippen LogP contribution in [-0.4, -0.2) is 22.0 Å². The molecule has 5 heteroatoms. The Morgan fingerprint density at radius 2 is 2.38 bits per heavy atom. The third-order valence-corrected chi connectivity index (χ3v) is 2.38. The molecule has 82 valence electrons. The maximum absolute atomic E-state index is 10.1. The molecule has 0 aliphatic heterocycles. The highest BCUT2D eigenvalue weighted by Crippen LogP contribution is 2.13. The standard InChI is InChI=1S/C11H9ClN2O2/c12-11(16-7-15)5-9-4-8-2-1-3-13-10(8)6-14-9/h1-4,6-7,11H,5H2. The van der Waals surface area contributed by atoms with Crippen molar-refractivity contribution in [2.24, 2.45) is 0 Å². The van der Waals surface area contributed by atoms with Crippen molar-refractivity contribution in [2.45, 2.75) is 12.0 Å². The van der Waals surface area contributed by atoms with Crippen molar-refractivity contribution in [3.8, 4) is 0 Å². The molecule has 1 unspecified atom stereocenters. The topological polar surface area (TPSA) is 52.1 Å². The van der Waals surface area contributed by atoms with Crippen LogP contribution in [0.25, 0.3) is 10.9 Å². The second kappa shape index (κ2) is 4.90. The molecule has 0 amide bonds. The van der Waals surface area contributed by atoms with Crippen LogP contribution in [0.3, 0.4) is 0 Å². The van der Waals surface area contributed by atoms with Crippen LogP contribution in [0.4, 0.5) is 0 Å². The van der Waals surface area contributed by atoms with E-state index in [0.717, 1.165) is 16.6 Å². The lowest BCUT2D eigenvalue weighted by atomic mass is 10.2. The SMILES string of the molecule is O=COC(Cl)Cc1cc2cccnc2cn1. The first-order valence-electron chi connectivity index (χ1n) is 4.72. The molecule has 2 aromatic heterocycles. The molecule has 4 nitrogen and oxygen atoms in total. The molecule has 0 saturated heterocycles. The van der Waals surface area contributed by atoms with Gasteiger partial charge >= 0.3 is 0 Å². The number of hydrogen-bond donors (Lipinski definition) is 0. The van der Waals surface area contributed by atoms with E-state index < -0.39 is 5.56 Å². The van der Waals surface area contributed by atoms with Gasteiger partial charge in [0.2, 0.25) is 0 Å². The summed E-state index contributed by atoms with van der Waals surface area (Å²) in [5.41, 5.74) is 0.912. The number of ether oxygens (including phenoxy) is 1. The second-order valence-corrected chi connectivity index (χ2v) is 3.71. The highest BCUT2D eigenvalue weighted by Gasteiger charge is 2.07. The van der Waals surface area contributed by atoms with Crippen LogP contribution in [0.1, 0.15) is 5.69 Å². The number of nitrogens with zero attached hydrogens (tertiary/aromatic N) is 2. The van der Waals surface area contributed by atoms with Crippen LogP contribution in [0, 0.1) is 0 Å². The van der Waals surface area contributed by atoms with Gasteiger partial charge in [-0.25, -0.2) is 0 Å². The van der Waals surface area contributed by atoms with Crippen molar-refractivity contribution in [3.05, 3.63) is 36.3 Å². The maximum atomic E-state index is 10.1. The monoisotopic (exact) mass is 236 g/mol. The fraction of sp³-hybridized carbons (Fsp3) is 0.182. The molecular weight excluding hydrogens is 228 g/mol. The largest absolute Gasteiger partial charge is 0.448 e. The van der Waals surface area contributed by atoms with Crippen LogP contribution in [-0.2, 0) is 16.0 Å². The van der Waals surface area contributed by atoms with Crippen LogP contribution < -0.4 is 0 Å². The molecule has 1 atom stereocenters. The number of aromatic nitrogens is 2. The fourth-order valence-electron chi connectivity index (χ4n) is 1.41. The van der Waals surface area contributed by atoms with Gasteiger partial charge in [-0.3, -0.25) is 14.8 Å². The number of pyridine rings is 2. The molecule has 0 bridgehead atoms. The first kappa shape index (κ1) is 10.8. The Morgan fingerprint density at radius 3 is 3.19 bits per heavy atom. The van der Waals surface area contributed by atoms with Crippen LogP contribution >= 0.6 is 11.6 Å². The molecule has 2 aromatic rings. The predicted octanol–water partition coefficient (Wildman–Crippen LogP) is 1.91. The van der Waals surface area contributed by atoms with Crippen molar-refractivity contribution in [3.63, 3.8) is 0 Å². The number of alkyl halides is 1. The second-order valence-electron chi connectivity index (χ2n) is 3.22. The number of fused-ring (bicyclic) bond motifs is 1. The van der Waals surface area contributed by atoms with E-state index in [-0.39, 0.29) is 0 Å². The van der Waals surface area contributed by atoms with E-state index in [9.17, 15) is 4.79 Å². The minimum Gasteiger partial charge on any atom is -0.448 e.